The summed E-state index contributed by atoms with van der Waals surface area (Å²) in [7, 11) is 0. The molecule has 4 rings (SSSR count). The molecule has 6 nitrogen and oxygen atoms in total. The second-order valence-corrected chi connectivity index (χ2v) is 7.01. The molecule has 0 aliphatic heterocycles. The van der Waals surface area contributed by atoms with E-state index in [9.17, 15) is 4.79 Å². The maximum Gasteiger partial charge on any atom is 0.230 e. The lowest BCUT2D eigenvalue weighted by Crippen LogP contribution is -2.27. The number of thioether (sulfide) groups is 1. The highest BCUT2D eigenvalue weighted by molar-refractivity contribution is 7.99. The molecule has 0 radical (unpaired) electrons. The van der Waals surface area contributed by atoms with E-state index in [-0.39, 0.29) is 5.91 Å². The van der Waals surface area contributed by atoms with Gasteiger partial charge in [0.2, 0.25) is 5.91 Å². The molecule has 1 amide bonds. The van der Waals surface area contributed by atoms with Crippen LogP contribution in [0.5, 0.6) is 0 Å². The number of para-hydroxylation sites is 2. The number of aromatic amines is 1. The van der Waals surface area contributed by atoms with Crippen molar-refractivity contribution in [1.29, 1.82) is 0 Å². The molecule has 0 aliphatic rings. The number of benzene rings is 2. The molecule has 2 aromatic heterocycles. The maximum absolute atomic E-state index is 12.2. The Morgan fingerprint density at radius 2 is 1.93 bits per heavy atom. The molecule has 0 fully saturated rings. The number of carbonyl (C=O) groups is 1. The zero-order chi connectivity index (χ0) is 18.5. The van der Waals surface area contributed by atoms with Gasteiger partial charge in [0.1, 0.15) is 6.33 Å². The monoisotopic (exact) mass is 377 g/mol. The molecule has 0 bridgehead atoms. The number of fused-ring (bicyclic) bond motifs is 1. The smallest absolute Gasteiger partial charge is 0.230 e. The largest absolute Gasteiger partial charge is 0.361 e. The van der Waals surface area contributed by atoms with Crippen molar-refractivity contribution in [1.82, 2.24) is 25.1 Å². The summed E-state index contributed by atoms with van der Waals surface area (Å²) in [5, 5.41) is 13.0. The van der Waals surface area contributed by atoms with Gasteiger partial charge in [-0.1, -0.05) is 48.2 Å². The molecular weight excluding hydrogens is 358 g/mol. The van der Waals surface area contributed by atoms with Crippen LogP contribution in [0.15, 0.2) is 72.3 Å². The Balaban J connectivity index is 1.29. The zero-order valence-corrected chi connectivity index (χ0v) is 15.4. The van der Waals surface area contributed by atoms with E-state index in [0.29, 0.717) is 17.5 Å². The molecule has 0 saturated carbocycles. The van der Waals surface area contributed by atoms with E-state index in [1.807, 2.05) is 53.2 Å². The summed E-state index contributed by atoms with van der Waals surface area (Å²) in [6.45, 7) is 0.604. The first-order valence-electron chi connectivity index (χ1n) is 8.71. The highest BCUT2D eigenvalue weighted by atomic mass is 32.2. The molecule has 7 heteroatoms. The molecule has 0 spiro atoms. The maximum atomic E-state index is 12.2. The van der Waals surface area contributed by atoms with Crippen LogP contribution in [0, 0.1) is 0 Å². The number of carbonyl (C=O) groups excluding carboxylic acids is 1. The summed E-state index contributed by atoms with van der Waals surface area (Å²) in [6, 6.07) is 18.0. The van der Waals surface area contributed by atoms with Gasteiger partial charge in [-0.05, 0) is 30.2 Å². The van der Waals surface area contributed by atoms with E-state index in [4.69, 9.17) is 0 Å². The second kappa shape index (κ2) is 8.09. The topological polar surface area (TPSA) is 75.6 Å². The van der Waals surface area contributed by atoms with Crippen molar-refractivity contribution >= 4 is 28.6 Å². The molecule has 0 atom stereocenters. The minimum atomic E-state index is -0.0116. The van der Waals surface area contributed by atoms with Crippen LogP contribution >= 0.6 is 11.8 Å². The van der Waals surface area contributed by atoms with Crippen molar-refractivity contribution in [3.63, 3.8) is 0 Å². The standard InChI is InChI=1S/C20H19N5OS/c26-19(21-11-10-15-12-22-18-9-5-4-8-17(15)18)13-27-20-24-23-14-25(20)16-6-2-1-3-7-16/h1-9,12,14,22H,10-11,13H2,(H,21,26). The fourth-order valence-electron chi connectivity index (χ4n) is 2.94. The SMILES string of the molecule is O=C(CSc1nncn1-c1ccccc1)NCCc1c[nH]c2ccccc12. The number of nitrogens with one attached hydrogen (secondary N) is 2. The van der Waals surface area contributed by atoms with Gasteiger partial charge in [0.15, 0.2) is 5.16 Å². The van der Waals surface area contributed by atoms with Crippen LogP contribution < -0.4 is 5.32 Å². The zero-order valence-electron chi connectivity index (χ0n) is 14.6. The summed E-state index contributed by atoms with van der Waals surface area (Å²) < 4.78 is 1.88. The lowest BCUT2D eigenvalue weighted by atomic mass is 10.1. The fourth-order valence-corrected chi connectivity index (χ4v) is 3.70. The van der Waals surface area contributed by atoms with Crippen LogP contribution in [0.4, 0.5) is 0 Å². The van der Waals surface area contributed by atoms with Crippen molar-refractivity contribution < 1.29 is 4.79 Å². The van der Waals surface area contributed by atoms with Gasteiger partial charge in [-0.15, -0.1) is 10.2 Å². The molecule has 2 N–H and O–H groups in total. The molecule has 2 heterocycles. The van der Waals surface area contributed by atoms with Crippen molar-refractivity contribution in [2.45, 2.75) is 11.6 Å². The van der Waals surface area contributed by atoms with Crippen LogP contribution in [0.3, 0.4) is 0 Å². The number of amides is 1. The third-order valence-corrected chi connectivity index (χ3v) is 5.22. The third kappa shape index (κ3) is 4.03. The van der Waals surface area contributed by atoms with E-state index in [1.54, 1.807) is 6.33 Å². The molecule has 27 heavy (non-hydrogen) atoms. The third-order valence-electron chi connectivity index (χ3n) is 4.27. The highest BCUT2D eigenvalue weighted by Gasteiger charge is 2.10. The van der Waals surface area contributed by atoms with Gasteiger partial charge in [0, 0.05) is 29.3 Å². The number of nitrogens with zero attached hydrogens (tertiary/aromatic N) is 3. The van der Waals surface area contributed by atoms with Crippen LogP contribution in [0.2, 0.25) is 0 Å². The predicted molar refractivity (Wildman–Crippen MR) is 107 cm³/mol. The summed E-state index contributed by atoms with van der Waals surface area (Å²) in [5.74, 6) is 0.293. The number of H-pyrrole nitrogens is 1. The molecule has 0 unspecified atom stereocenters. The lowest BCUT2D eigenvalue weighted by molar-refractivity contribution is -0.118. The molecule has 0 aliphatic carbocycles. The van der Waals surface area contributed by atoms with Crippen LogP contribution in [-0.4, -0.2) is 38.0 Å². The molecule has 136 valence electrons. The first-order chi connectivity index (χ1) is 13.3. The average molecular weight is 377 g/mol. The van der Waals surface area contributed by atoms with E-state index in [1.165, 1.54) is 22.7 Å². The van der Waals surface area contributed by atoms with E-state index in [0.717, 1.165) is 17.6 Å². The molecule has 2 aromatic carbocycles. The summed E-state index contributed by atoms with van der Waals surface area (Å²) in [5.41, 5.74) is 3.31. The number of hydrogen-bond donors (Lipinski definition) is 2. The van der Waals surface area contributed by atoms with Gasteiger partial charge < -0.3 is 10.3 Å². The summed E-state index contributed by atoms with van der Waals surface area (Å²) >= 11 is 1.38. The van der Waals surface area contributed by atoms with E-state index < -0.39 is 0 Å². The Morgan fingerprint density at radius 3 is 2.81 bits per heavy atom. The minimum absolute atomic E-state index is 0.0116. The molecule has 0 saturated heterocycles. The van der Waals surface area contributed by atoms with Gasteiger partial charge >= 0.3 is 0 Å². The van der Waals surface area contributed by atoms with Crippen LogP contribution in [-0.2, 0) is 11.2 Å². The van der Waals surface area contributed by atoms with Crippen molar-refractivity contribution in [2.24, 2.45) is 0 Å². The fraction of sp³-hybridized carbons (Fsp3) is 0.150. The Hall–Kier alpha value is -3.06. The number of hydrogen-bond acceptors (Lipinski definition) is 4. The van der Waals surface area contributed by atoms with Gasteiger partial charge in [0.05, 0.1) is 5.75 Å². The Kier molecular flexibility index (Phi) is 5.20. The molecular formula is C20H19N5OS. The van der Waals surface area contributed by atoms with Crippen molar-refractivity contribution in [3.05, 3.63) is 72.7 Å². The quantitative estimate of drug-likeness (QED) is 0.485. The first-order valence-corrected chi connectivity index (χ1v) is 9.70. The number of rotatable bonds is 7. The molecule has 4 aromatic rings. The Bertz CT molecular complexity index is 1040. The van der Waals surface area contributed by atoms with Gasteiger partial charge in [-0.3, -0.25) is 9.36 Å². The number of aromatic nitrogens is 4. The van der Waals surface area contributed by atoms with Crippen molar-refractivity contribution in [2.75, 3.05) is 12.3 Å². The van der Waals surface area contributed by atoms with E-state index >= 15 is 0 Å². The van der Waals surface area contributed by atoms with Gasteiger partial charge in [-0.2, -0.15) is 0 Å². The average Bonchev–Trinajstić information content (AvgIpc) is 3.34. The highest BCUT2D eigenvalue weighted by Crippen LogP contribution is 2.19. The normalized spacial score (nSPS) is 11.0. The Labute approximate surface area is 161 Å². The van der Waals surface area contributed by atoms with E-state index in [2.05, 4.69) is 32.6 Å². The van der Waals surface area contributed by atoms with Crippen LogP contribution in [0.1, 0.15) is 5.56 Å². The van der Waals surface area contributed by atoms with Crippen LogP contribution in [0.25, 0.3) is 16.6 Å². The summed E-state index contributed by atoms with van der Waals surface area (Å²) in [6.07, 6.45) is 4.46. The minimum Gasteiger partial charge on any atom is -0.361 e. The summed E-state index contributed by atoms with van der Waals surface area (Å²) in [4.78, 5) is 15.4. The first kappa shape index (κ1) is 17.4. The van der Waals surface area contributed by atoms with Gasteiger partial charge in [-0.25, -0.2) is 0 Å². The predicted octanol–water partition coefficient (Wildman–Crippen LogP) is 3.20. The van der Waals surface area contributed by atoms with Gasteiger partial charge in [0.25, 0.3) is 0 Å². The lowest BCUT2D eigenvalue weighted by Gasteiger charge is -2.07. The Morgan fingerprint density at radius 1 is 1.11 bits per heavy atom. The van der Waals surface area contributed by atoms with Crippen molar-refractivity contribution in [3.8, 4) is 5.69 Å². The second-order valence-electron chi connectivity index (χ2n) is 6.07.